The Balaban J connectivity index is 1.46. The maximum absolute atomic E-state index is 13.9. The summed E-state index contributed by atoms with van der Waals surface area (Å²) in [5.41, 5.74) is 1.97. The van der Waals surface area contributed by atoms with Crippen LogP contribution in [0.25, 0.3) is 6.08 Å². The summed E-state index contributed by atoms with van der Waals surface area (Å²) in [6.45, 7) is 1.51. The molecular weight excluding hydrogens is 506 g/mol. The van der Waals surface area contributed by atoms with Gasteiger partial charge in [-0.1, -0.05) is 29.8 Å². The van der Waals surface area contributed by atoms with Gasteiger partial charge in [-0.2, -0.15) is 0 Å². The number of carbonyl (C=O) groups excluding carboxylic acids is 2. The number of nitrogens with one attached hydrogen (secondary N) is 1. The fraction of sp³-hybridized carbons (Fsp3) is 0.276. The number of pyridine rings is 1. The van der Waals surface area contributed by atoms with Crippen molar-refractivity contribution in [2.24, 2.45) is 5.92 Å². The Kier molecular flexibility index (Phi) is 7.24. The van der Waals surface area contributed by atoms with Crippen molar-refractivity contribution in [3.63, 3.8) is 0 Å². The third kappa shape index (κ3) is 5.17. The highest BCUT2D eigenvalue weighted by atomic mass is 35.5. The number of amides is 2. The lowest BCUT2D eigenvalue weighted by molar-refractivity contribution is -0.130. The molecule has 2 atom stereocenters. The molecule has 2 amide bonds. The number of ether oxygens (including phenoxy) is 2. The van der Waals surface area contributed by atoms with Crippen LogP contribution >= 0.6 is 11.6 Å². The maximum Gasteiger partial charge on any atom is 0.270 e. The number of hydrogen-bond acceptors (Lipinski definition) is 5. The molecule has 9 heteroatoms. The molecule has 196 valence electrons. The number of piperidine rings is 1. The predicted octanol–water partition coefficient (Wildman–Crippen LogP) is 3.94. The number of aromatic nitrogens is 1. The number of methoxy groups -OCH3 is 2. The molecule has 3 aromatic rings. The third-order valence-corrected chi connectivity index (χ3v) is 7.38. The fourth-order valence-electron chi connectivity index (χ4n) is 5.28. The average Bonchev–Trinajstić information content (AvgIpc) is 2.92. The van der Waals surface area contributed by atoms with E-state index in [-0.39, 0.29) is 39.6 Å². The minimum Gasteiger partial charge on any atom is -0.497 e. The van der Waals surface area contributed by atoms with Gasteiger partial charge in [-0.05, 0) is 60.4 Å². The standard InChI is InChI=1S/C29H28ClN3O5/c1-37-21-6-3-5-18(12-21)13-25(31-28(35)23-10-9-22(38-2)14-24(23)30)29(36)32-15-19-11-20(17-32)26-7-4-8-27(34)33(26)16-19/h3-10,12-14,19-20H,11,15-17H2,1-2H3,(H,31,35)/b25-13-/t19-,20+/m1/s1. The molecule has 2 aliphatic rings. The molecule has 2 bridgehead atoms. The zero-order valence-corrected chi connectivity index (χ0v) is 21.9. The Morgan fingerprint density at radius 3 is 2.50 bits per heavy atom. The highest BCUT2D eigenvalue weighted by Gasteiger charge is 2.37. The van der Waals surface area contributed by atoms with Gasteiger partial charge in [-0.15, -0.1) is 0 Å². The first kappa shape index (κ1) is 25.6. The maximum atomic E-state index is 13.9. The van der Waals surface area contributed by atoms with E-state index in [0.29, 0.717) is 36.7 Å². The number of halogens is 1. The van der Waals surface area contributed by atoms with Crippen LogP contribution in [0.15, 0.2) is 71.2 Å². The fourth-order valence-corrected chi connectivity index (χ4v) is 5.53. The monoisotopic (exact) mass is 533 g/mol. The minimum atomic E-state index is -0.505. The van der Waals surface area contributed by atoms with E-state index in [1.807, 2.05) is 22.8 Å². The van der Waals surface area contributed by atoms with E-state index in [1.54, 1.807) is 60.6 Å². The van der Waals surface area contributed by atoms with Crippen molar-refractivity contribution in [2.45, 2.75) is 18.9 Å². The van der Waals surface area contributed by atoms with Crippen LogP contribution < -0.4 is 20.3 Å². The molecule has 0 spiro atoms. The van der Waals surface area contributed by atoms with Gasteiger partial charge >= 0.3 is 0 Å². The van der Waals surface area contributed by atoms with E-state index in [2.05, 4.69) is 5.32 Å². The lowest BCUT2D eigenvalue weighted by atomic mass is 9.83. The Morgan fingerprint density at radius 2 is 1.74 bits per heavy atom. The van der Waals surface area contributed by atoms with E-state index < -0.39 is 5.91 Å². The zero-order valence-electron chi connectivity index (χ0n) is 21.1. The normalized spacial score (nSPS) is 18.4. The van der Waals surface area contributed by atoms with Crippen molar-refractivity contribution in [3.05, 3.63) is 98.6 Å². The van der Waals surface area contributed by atoms with E-state index >= 15 is 0 Å². The Labute approximate surface area is 225 Å². The summed E-state index contributed by atoms with van der Waals surface area (Å²) < 4.78 is 12.3. The second-order valence-corrected chi connectivity index (χ2v) is 9.95. The molecule has 1 fully saturated rings. The van der Waals surface area contributed by atoms with E-state index in [0.717, 1.165) is 12.1 Å². The molecule has 0 unspecified atom stereocenters. The SMILES string of the molecule is COc1cccc(/C=C(\NC(=O)c2ccc(OC)cc2Cl)C(=O)N2C[C@H]3C[C@@H](C2)c2cccc(=O)n2C3)c1. The smallest absolute Gasteiger partial charge is 0.270 e. The molecule has 5 rings (SSSR count). The summed E-state index contributed by atoms with van der Waals surface area (Å²) >= 11 is 6.34. The van der Waals surface area contributed by atoms with Gasteiger partial charge in [-0.25, -0.2) is 0 Å². The van der Waals surface area contributed by atoms with Crippen molar-refractivity contribution >= 4 is 29.5 Å². The van der Waals surface area contributed by atoms with Crippen LogP contribution in [-0.2, 0) is 11.3 Å². The molecule has 38 heavy (non-hydrogen) atoms. The van der Waals surface area contributed by atoms with Crippen molar-refractivity contribution in [1.29, 1.82) is 0 Å². The van der Waals surface area contributed by atoms with Gasteiger partial charge in [0, 0.05) is 37.3 Å². The quantitative estimate of drug-likeness (QED) is 0.485. The first-order valence-electron chi connectivity index (χ1n) is 12.4. The van der Waals surface area contributed by atoms with Gasteiger partial charge in [0.1, 0.15) is 17.2 Å². The molecule has 0 saturated carbocycles. The van der Waals surface area contributed by atoms with Crippen molar-refractivity contribution in [1.82, 2.24) is 14.8 Å². The van der Waals surface area contributed by atoms with Crippen LogP contribution in [0.5, 0.6) is 11.5 Å². The molecule has 1 N–H and O–H groups in total. The van der Waals surface area contributed by atoms with Gasteiger partial charge in [0.25, 0.3) is 17.4 Å². The lowest BCUT2D eigenvalue weighted by Gasteiger charge is -2.43. The molecule has 0 aliphatic carbocycles. The van der Waals surface area contributed by atoms with Crippen molar-refractivity contribution < 1.29 is 19.1 Å². The third-order valence-electron chi connectivity index (χ3n) is 7.07. The number of carbonyl (C=O) groups is 2. The van der Waals surface area contributed by atoms with Crippen LogP contribution in [0.3, 0.4) is 0 Å². The van der Waals surface area contributed by atoms with Gasteiger partial charge in [0.05, 0.1) is 24.8 Å². The molecule has 3 heterocycles. The topological polar surface area (TPSA) is 89.9 Å². The number of likely N-dealkylation sites (tertiary alicyclic amines) is 1. The lowest BCUT2D eigenvalue weighted by Crippen LogP contribution is -2.50. The molecule has 2 aliphatic heterocycles. The average molecular weight is 534 g/mol. The second-order valence-electron chi connectivity index (χ2n) is 9.54. The minimum absolute atomic E-state index is 0.0146. The summed E-state index contributed by atoms with van der Waals surface area (Å²) in [6, 6.07) is 17.3. The largest absolute Gasteiger partial charge is 0.497 e. The van der Waals surface area contributed by atoms with E-state index in [1.165, 1.54) is 7.11 Å². The summed E-state index contributed by atoms with van der Waals surface area (Å²) in [7, 11) is 3.08. The molecule has 1 aromatic heterocycles. The van der Waals surface area contributed by atoms with Crippen LogP contribution in [0.4, 0.5) is 0 Å². The first-order valence-corrected chi connectivity index (χ1v) is 12.7. The number of nitrogens with zero attached hydrogens (tertiary/aromatic N) is 2. The Bertz CT molecular complexity index is 1480. The number of hydrogen-bond donors (Lipinski definition) is 1. The van der Waals surface area contributed by atoms with Crippen LogP contribution in [0.1, 0.15) is 34.0 Å². The highest BCUT2D eigenvalue weighted by Crippen LogP contribution is 2.35. The number of rotatable bonds is 6. The predicted molar refractivity (Wildman–Crippen MR) is 145 cm³/mol. The molecule has 2 aromatic carbocycles. The molecule has 0 radical (unpaired) electrons. The van der Waals surface area contributed by atoms with Crippen LogP contribution in [-0.4, -0.2) is 48.6 Å². The van der Waals surface area contributed by atoms with Crippen molar-refractivity contribution in [3.8, 4) is 11.5 Å². The van der Waals surface area contributed by atoms with Gasteiger partial charge < -0.3 is 24.3 Å². The summed E-state index contributed by atoms with van der Waals surface area (Å²) in [4.78, 5) is 41.3. The van der Waals surface area contributed by atoms with Gasteiger partial charge in [0.15, 0.2) is 0 Å². The van der Waals surface area contributed by atoms with Crippen molar-refractivity contribution in [2.75, 3.05) is 27.3 Å². The zero-order chi connectivity index (χ0) is 26.8. The van der Waals surface area contributed by atoms with E-state index in [4.69, 9.17) is 21.1 Å². The number of fused-ring (bicyclic) bond motifs is 4. The van der Waals surface area contributed by atoms with Crippen LogP contribution in [0, 0.1) is 5.92 Å². The second kappa shape index (κ2) is 10.8. The molecule has 8 nitrogen and oxygen atoms in total. The van der Waals surface area contributed by atoms with Gasteiger partial charge in [-0.3, -0.25) is 14.4 Å². The summed E-state index contributed by atoms with van der Waals surface area (Å²) in [5, 5.41) is 3.01. The van der Waals surface area contributed by atoms with Crippen LogP contribution in [0.2, 0.25) is 5.02 Å². The molecular formula is C29H28ClN3O5. The summed E-state index contributed by atoms with van der Waals surface area (Å²) in [6.07, 6.45) is 2.55. The molecule has 1 saturated heterocycles. The highest BCUT2D eigenvalue weighted by molar-refractivity contribution is 6.34. The first-order chi connectivity index (χ1) is 18.4. The number of benzene rings is 2. The Hall–Kier alpha value is -4.04. The van der Waals surface area contributed by atoms with E-state index in [9.17, 15) is 14.4 Å². The van der Waals surface area contributed by atoms with Gasteiger partial charge in [0.2, 0.25) is 0 Å². The Morgan fingerprint density at radius 1 is 0.974 bits per heavy atom. The summed E-state index contributed by atoms with van der Waals surface area (Å²) in [5.74, 6) is 0.542.